The van der Waals surface area contributed by atoms with Crippen LogP contribution in [-0.4, -0.2) is 13.2 Å². The third kappa shape index (κ3) is 4.95. The molecule has 0 radical (unpaired) electrons. The second-order valence-corrected chi connectivity index (χ2v) is 6.20. The van der Waals surface area contributed by atoms with Crippen LogP contribution >= 0.6 is 15.9 Å². The Morgan fingerprint density at radius 2 is 2.25 bits per heavy atom. The molecule has 2 rings (SSSR count). The molecule has 0 amide bonds. The second-order valence-electron chi connectivity index (χ2n) is 5.28. The van der Waals surface area contributed by atoms with Crippen LogP contribution in [0, 0.1) is 0 Å². The molecule has 0 unspecified atom stereocenters. The molecule has 110 valence electrons. The first-order chi connectivity index (χ1) is 9.79. The lowest BCUT2D eigenvalue weighted by atomic mass is 10.1. The van der Waals surface area contributed by atoms with E-state index >= 15 is 0 Å². The minimum absolute atomic E-state index is 0.779. The molecule has 1 N–H and O–H groups in total. The third-order valence-corrected chi connectivity index (χ3v) is 4.05. The van der Waals surface area contributed by atoms with Crippen molar-refractivity contribution in [1.82, 2.24) is 5.32 Å². The van der Waals surface area contributed by atoms with Crippen LogP contribution in [0.4, 0.5) is 0 Å². The van der Waals surface area contributed by atoms with E-state index in [-0.39, 0.29) is 0 Å². The van der Waals surface area contributed by atoms with E-state index in [4.69, 9.17) is 4.74 Å². The van der Waals surface area contributed by atoms with Crippen LogP contribution < -0.4 is 10.1 Å². The molecule has 0 aliphatic heterocycles. The molecule has 20 heavy (non-hydrogen) atoms. The number of allylic oxidation sites excluding steroid dienone is 1. The summed E-state index contributed by atoms with van der Waals surface area (Å²) in [6.07, 6.45) is 8.53. The van der Waals surface area contributed by atoms with E-state index in [1.54, 1.807) is 5.57 Å². The van der Waals surface area contributed by atoms with Crippen molar-refractivity contribution < 1.29 is 4.74 Å². The number of nitrogens with one attached hydrogen (secondary N) is 1. The van der Waals surface area contributed by atoms with Gasteiger partial charge in [0.05, 0.1) is 6.61 Å². The number of hydrogen-bond acceptors (Lipinski definition) is 2. The summed E-state index contributed by atoms with van der Waals surface area (Å²) >= 11 is 3.53. The lowest BCUT2D eigenvalue weighted by molar-refractivity contribution is 0.313. The quantitative estimate of drug-likeness (QED) is 0.542. The highest BCUT2D eigenvalue weighted by Gasteiger charge is 2.06. The van der Waals surface area contributed by atoms with Crippen molar-refractivity contribution in [3.63, 3.8) is 0 Å². The molecule has 0 fully saturated rings. The molecule has 2 nitrogen and oxygen atoms in total. The van der Waals surface area contributed by atoms with Crippen LogP contribution in [0.15, 0.2) is 34.3 Å². The highest BCUT2D eigenvalue weighted by atomic mass is 79.9. The predicted molar refractivity (Wildman–Crippen MR) is 88.2 cm³/mol. The molecule has 0 aromatic heterocycles. The van der Waals surface area contributed by atoms with E-state index in [1.807, 2.05) is 6.07 Å². The lowest BCUT2D eigenvalue weighted by Crippen LogP contribution is -2.16. The van der Waals surface area contributed by atoms with Gasteiger partial charge in [-0.25, -0.2) is 0 Å². The molecule has 1 aliphatic carbocycles. The second kappa shape index (κ2) is 8.48. The van der Waals surface area contributed by atoms with Gasteiger partial charge in [-0.05, 0) is 56.8 Å². The molecule has 0 heterocycles. The molecule has 0 saturated heterocycles. The maximum atomic E-state index is 5.80. The predicted octanol–water partition coefficient (Wildman–Crippen LogP) is 4.83. The van der Waals surface area contributed by atoms with Crippen molar-refractivity contribution >= 4 is 15.9 Å². The first-order valence-electron chi connectivity index (χ1n) is 7.59. The molecule has 0 bridgehead atoms. The van der Waals surface area contributed by atoms with E-state index in [9.17, 15) is 0 Å². The summed E-state index contributed by atoms with van der Waals surface area (Å²) in [4.78, 5) is 0. The van der Waals surface area contributed by atoms with Gasteiger partial charge in [-0.3, -0.25) is 0 Å². The fourth-order valence-electron chi connectivity index (χ4n) is 2.48. The molecule has 1 aromatic rings. The smallest absolute Gasteiger partial charge is 0.123 e. The van der Waals surface area contributed by atoms with Gasteiger partial charge in [0.2, 0.25) is 0 Å². The average Bonchev–Trinajstić information content (AvgIpc) is 2.96. The zero-order valence-corrected chi connectivity index (χ0v) is 13.8. The van der Waals surface area contributed by atoms with Crippen LogP contribution in [0.5, 0.6) is 5.75 Å². The first kappa shape index (κ1) is 15.6. The maximum absolute atomic E-state index is 5.80. The van der Waals surface area contributed by atoms with Crippen LogP contribution in [0.25, 0.3) is 0 Å². The highest BCUT2D eigenvalue weighted by molar-refractivity contribution is 9.10. The van der Waals surface area contributed by atoms with Crippen molar-refractivity contribution in [1.29, 1.82) is 0 Å². The Morgan fingerprint density at radius 3 is 3.00 bits per heavy atom. The van der Waals surface area contributed by atoms with Crippen molar-refractivity contribution in [3.05, 3.63) is 39.9 Å². The summed E-state index contributed by atoms with van der Waals surface area (Å²) in [6.45, 7) is 4.82. The average molecular weight is 338 g/mol. The van der Waals surface area contributed by atoms with Crippen molar-refractivity contribution in [2.75, 3.05) is 13.2 Å². The van der Waals surface area contributed by atoms with E-state index in [2.05, 4.69) is 46.4 Å². The Bertz CT molecular complexity index is 456. The van der Waals surface area contributed by atoms with Crippen molar-refractivity contribution in [3.8, 4) is 5.75 Å². The molecular formula is C17H24BrNO. The van der Waals surface area contributed by atoms with Crippen LogP contribution in [0.1, 0.15) is 44.6 Å². The van der Waals surface area contributed by atoms with E-state index in [0.717, 1.165) is 36.3 Å². The monoisotopic (exact) mass is 337 g/mol. The first-order valence-corrected chi connectivity index (χ1v) is 8.38. The van der Waals surface area contributed by atoms with Crippen LogP contribution in [0.3, 0.4) is 0 Å². The maximum Gasteiger partial charge on any atom is 0.123 e. The Labute approximate surface area is 130 Å². The number of rotatable bonds is 8. The van der Waals surface area contributed by atoms with Gasteiger partial charge in [-0.2, -0.15) is 0 Å². The number of halogens is 1. The Hall–Kier alpha value is -0.800. The van der Waals surface area contributed by atoms with E-state index in [1.165, 1.54) is 31.2 Å². The lowest BCUT2D eigenvalue weighted by Gasteiger charge is -2.12. The van der Waals surface area contributed by atoms with E-state index < -0.39 is 0 Å². The van der Waals surface area contributed by atoms with Crippen molar-refractivity contribution in [2.24, 2.45) is 0 Å². The molecule has 1 aliphatic rings. The molecule has 0 atom stereocenters. The minimum Gasteiger partial charge on any atom is -0.493 e. The SMILES string of the molecule is CCCOc1ccc(Br)cc1CNCCC1=CCCC1. The van der Waals surface area contributed by atoms with Gasteiger partial charge < -0.3 is 10.1 Å². The zero-order chi connectivity index (χ0) is 14.2. The van der Waals surface area contributed by atoms with Gasteiger partial charge >= 0.3 is 0 Å². The Kier molecular flexibility index (Phi) is 6.61. The van der Waals surface area contributed by atoms with Crippen molar-refractivity contribution in [2.45, 2.75) is 45.6 Å². The molecule has 0 spiro atoms. The summed E-state index contributed by atoms with van der Waals surface area (Å²) in [5.41, 5.74) is 2.85. The van der Waals surface area contributed by atoms with E-state index in [0.29, 0.717) is 0 Å². The van der Waals surface area contributed by atoms with Gasteiger partial charge in [0.25, 0.3) is 0 Å². The fourth-order valence-corrected chi connectivity index (χ4v) is 2.88. The van der Waals surface area contributed by atoms with Gasteiger partial charge in [-0.15, -0.1) is 0 Å². The Morgan fingerprint density at radius 1 is 1.35 bits per heavy atom. The topological polar surface area (TPSA) is 21.3 Å². The fraction of sp³-hybridized carbons (Fsp3) is 0.529. The zero-order valence-electron chi connectivity index (χ0n) is 12.3. The summed E-state index contributed by atoms with van der Waals surface area (Å²) < 4.78 is 6.91. The number of ether oxygens (including phenoxy) is 1. The Balaban J connectivity index is 1.82. The third-order valence-electron chi connectivity index (χ3n) is 3.56. The van der Waals surface area contributed by atoms with Gasteiger partial charge in [0.15, 0.2) is 0 Å². The summed E-state index contributed by atoms with van der Waals surface area (Å²) in [6, 6.07) is 6.24. The normalized spacial score (nSPS) is 14.4. The molecular weight excluding hydrogens is 314 g/mol. The number of hydrogen-bond donors (Lipinski definition) is 1. The summed E-state index contributed by atoms with van der Waals surface area (Å²) in [5, 5.41) is 3.53. The molecule has 3 heteroatoms. The standard InChI is InChI=1S/C17H24BrNO/c1-2-11-20-17-8-7-16(18)12-15(17)13-19-10-9-14-5-3-4-6-14/h5,7-8,12,19H,2-4,6,9-11,13H2,1H3. The largest absolute Gasteiger partial charge is 0.493 e. The number of benzene rings is 1. The van der Waals surface area contributed by atoms with Gasteiger partial charge in [0, 0.05) is 16.6 Å². The van der Waals surface area contributed by atoms with Gasteiger partial charge in [-0.1, -0.05) is 34.5 Å². The molecule has 1 aromatic carbocycles. The summed E-state index contributed by atoms with van der Waals surface area (Å²) in [5.74, 6) is 1.00. The van der Waals surface area contributed by atoms with Crippen LogP contribution in [-0.2, 0) is 6.54 Å². The highest BCUT2D eigenvalue weighted by Crippen LogP contribution is 2.24. The minimum atomic E-state index is 0.779. The van der Waals surface area contributed by atoms with Gasteiger partial charge in [0.1, 0.15) is 5.75 Å². The molecule has 0 saturated carbocycles. The summed E-state index contributed by atoms with van der Waals surface area (Å²) in [7, 11) is 0. The van der Waals surface area contributed by atoms with Crippen LogP contribution in [0.2, 0.25) is 0 Å².